The number of hydrogen-bond acceptors (Lipinski definition) is 3. The van der Waals surface area contributed by atoms with Crippen LogP contribution in [0.15, 0.2) is 4.99 Å². The molecule has 5 heteroatoms. The fourth-order valence-electron chi connectivity index (χ4n) is 2.71. The summed E-state index contributed by atoms with van der Waals surface area (Å²) in [5, 5.41) is 6.80. The SMILES string of the molecule is CCCCOCCCNC(=NC)NCC1CCCN1CC. The molecule has 0 aliphatic carbocycles. The van der Waals surface area contributed by atoms with Crippen molar-refractivity contribution in [2.45, 2.75) is 52.0 Å². The summed E-state index contributed by atoms with van der Waals surface area (Å²) in [7, 11) is 1.83. The quantitative estimate of drug-likeness (QED) is 0.367. The van der Waals surface area contributed by atoms with E-state index in [-0.39, 0.29) is 0 Å². The molecule has 1 unspecified atom stereocenters. The number of unbranched alkanes of at least 4 members (excludes halogenated alkanes) is 1. The predicted molar refractivity (Wildman–Crippen MR) is 90.0 cm³/mol. The van der Waals surface area contributed by atoms with Crippen molar-refractivity contribution in [2.24, 2.45) is 4.99 Å². The Bertz CT molecular complexity index is 283. The smallest absolute Gasteiger partial charge is 0.191 e. The Morgan fingerprint density at radius 3 is 2.76 bits per heavy atom. The van der Waals surface area contributed by atoms with E-state index in [4.69, 9.17) is 4.74 Å². The number of ether oxygens (including phenoxy) is 1. The molecule has 0 amide bonds. The molecular formula is C16H34N4O. The van der Waals surface area contributed by atoms with Crippen molar-refractivity contribution in [2.75, 3.05) is 46.4 Å². The third kappa shape index (κ3) is 7.67. The van der Waals surface area contributed by atoms with Gasteiger partial charge in [0.05, 0.1) is 0 Å². The molecule has 0 saturated carbocycles. The predicted octanol–water partition coefficient (Wildman–Crippen LogP) is 1.84. The summed E-state index contributed by atoms with van der Waals surface area (Å²) < 4.78 is 5.55. The van der Waals surface area contributed by atoms with E-state index in [2.05, 4.69) is 34.4 Å². The molecule has 1 aliphatic rings. The lowest BCUT2D eigenvalue weighted by molar-refractivity contribution is 0.129. The summed E-state index contributed by atoms with van der Waals surface area (Å²) in [5.41, 5.74) is 0. The first-order valence-electron chi connectivity index (χ1n) is 8.58. The molecule has 0 aromatic carbocycles. The Hall–Kier alpha value is -0.810. The van der Waals surface area contributed by atoms with Crippen LogP contribution in [-0.4, -0.2) is 63.3 Å². The zero-order valence-electron chi connectivity index (χ0n) is 14.2. The monoisotopic (exact) mass is 298 g/mol. The van der Waals surface area contributed by atoms with E-state index in [9.17, 15) is 0 Å². The molecule has 1 fully saturated rings. The number of hydrogen-bond donors (Lipinski definition) is 2. The van der Waals surface area contributed by atoms with Crippen LogP contribution in [-0.2, 0) is 4.74 Å². The van der Waals surface area contributed by atoms with Crippen LogP contribution >= 0.6 is 0 Å². The van der Waals surface area contributed by atoms with E-state index in [1.807, 2.05) is 7.05 Å². The second-order valence-electron chi connectivity index (χ2n) is 5.62. The van der Waals surface area contributed by atoms with Crippen LogP contribution in [0.4, 0.5) is 0 Å². The van der Waals surface area contributed by atoms with Gasteiger partial charge in [-0.1, -0.05) is 20.3 Å². The second-order valence-corrected chi connectivity index (χ2v) is 5.62. The molecule has 1 atom stereocenters. The maximum Gasteiger partial charge on any atom is 0.191 e. The van der Waals surface area contributed by atoms with E-state index in [1.54, 1.807) is 0 Å². The Kier molecular flexibility index (Phi) is 10.3. The molecule has 1 heterocycles. The van der Waals surface area contributed by atoms with Gasteiger partial charge in [-0.25, -0.2) is 0 Å². The zero-order valence-corrected chi connectivity index (χ0v) is 14.2. The maximum absolute atomic E-state index is 5.55. The Balaban J connectivity index is 2.06. The van der Waals surface area contributed by atoms with E-state index in [1.165, 1.54) is 25.8 Å². The maximum atomic E-state index is 5.55. The topological polar surface area (TPSA) is 48.9 Å². The third-order valence-corrected chi connectivity index (χ3v) is 4.03. The summed E-state index contributed by atoms with van der Waals surface area (Å²) in [6.45, 7) is 10.4. The van der Waals surface area contributed by atoms with Crippen molar-refractivity contribution in [1.29, 1.82) is 0 Å². The van der Waals surface area contributed by atoms with Gasteiger partial charge in [0, 0.05) is 39.4 Å². The van der Waals surface area contributed by atoms with Gasteiger partial charge < -0.3 is 15.4 Å². The molecule has 0 aromatic rings. The van der Waals surface area contributed by atoms with Gasteiger partial charge in [0.1, 0.15) is 0 Å². The highest BCUT2D eigenvalue weighted by molar-refractivity contribution is 5.79. The Morgan fingerprint density at radius 1 is 1.24 bits per heavy atom. The summed E-state index contributed by atoms with van der Waals surface area (Å²) in [5.74, 6) is 0.909. The number of likely N-dealkylation sites (N-methyl/N-ethyl adjacent to an activating group) is 1. The first-order valence-corrected chi connectivity index (χ1v) is 8.58. The number of likely N-dealkylation sites (tertiary alicyclic amines) is 1. The molecule has 2 N–H and O–H groups in total. The number of aliphatic imine (C=N–C) groups is 1. The van der Waals surface area contributed by atoms with Gasteiger partial charge in [0.2, 0.25) is 0 Å². The van der Waals surface area contributed by atoms with Crippen molar-refractivity contribution in [3.05, 3.63) is 0 Å². The lowest BCUT2D eigenvalue weighted by Crippen LogP contribution is -2.45. The molecule has 0 aromatic heterocycles. The van der Waals surface area contributed by atoms with Gasteiger partial charge in [-0.2, -0.15) is 0 Å². The zero-order chi connectivity index (χ0) is 15.3. The van der Waals surface area contributed by atoms with E-state index in [0.717, 1.165) is 51.6 Å². The molecule has 1 aliphatic heterocycles. The largest absolute Gasteiger partial charge is 0.381 e. The minimum absolute atomic E-state index is 0.658. The number of nitrogens with zero attached hydrogens (tertiary/aromatic N) is 2. The van der Waals surface area contributed by atoms with Gasteiger partial charge in [-0.15, -0.1) is 0 Å². The third-order valence-electron chi connectivity index (χ3n) is 4.03. The van der Waals surface area contributed by atoms with E-state index < -0.39 is 0 Å². The molecule has 1 saturated heterocycles. The summed E-state index contributed by atoms with van der Waals surface area (Å²) >= 11 is 0. The summed E-state index contributed by atoms with van der Waals surface area (Å²) in [6, 6.07) is 0.658. The van der Waals surface area contributed by atoms with Crippen LogP contribution < -0.4 is 10.6 Å². The minimum atomic E-state index is 0.658. The standard InChI is InChI=1S/C16H34N4O/c1-4-6-12-21-13-8-10-18-16(17-3)19-14-15-9-7-11-20(15)5-2/h15H,4-14H2,1-3H3,(H2,17,18,19). The van der Waals surface area contributed by atoms with Crippen molar-refractivity contribution in [3.8, 4) is 0 Å². The fourth-order valence-corrected chi connectivity index (χ4v) is 2.71. The normalized spacial score (nSPS) is 20.0. The van der Waals surface area contributed by atoms with Crippen LogP contribution in [0.1, 0.15) is 46.0 Å². The van der Waals surface area contributed by atoms with E-state index in [0.29, 0.717) is 6.04 Å². The second kappa shape index (κ2) is 11.8. The van der Waals surface area contributed by atoms with Gasteiger partial charge in [0.25, 0.3) is 0 Å². The van der Waals surface area contributed by atoms with Crippen molar-refractivity contribution >= 4 is 5.96 Å². The Labute approximate surface area is 130 Å². The lowest BCUT2D eigenvalue weighted by atomic mass is 10.2. The summed E-state index contributed by atoms with van der Waals surface area (Å²) in [6.07, 6.45) is 6.00. The lowest BCUT2D eigenvalue weighted by Gasteiger charge is -2.23. The molecule has 1 rings (SSSR count). The summed E-state index contributed by atoms with van der Waals surface area (Å²) in [4.78, 5) is 6.83. The average Bonchev–Trinajstić information content (AvgIpc) is 2.97. The van der Waals surface area contributed by atoms with Gasteiger partial charge in [0.15, 0.2) is 5.96 Å². The molecular weight excluding hydrogens is 264 g/mol. The number of nitrogens with one attached hydrogen (secondary N) is 2. The highest BCUT2D eigenvalue weighted by Gasteiger charge is 2.22. The number of rotatable bonds is 10. The van der Waals surface area contributed by atoms with Gasteiger partial charge in [-0.3, -0.25) is 9.89 Å². The van der Waals surface area contributed by atoms with Crippen LogP contribution in [0.5, 0.6) is 0 Å². The van der Waals surface area contributed by atoms with Crippen LogP contribution in [0.3, 0.4) is 0 Å². The first kappa shape index (κ1) is 18.2. The molecule has 0 radical (unpaired) electrons. The van der Waals surface area contributed by atoms with Crippen LogP contribution in [0.25, 0.3) is 0 Å². The minimum Gasteiger partial charge on any atom is -0.381 e. The molecule has 5 nitrogen and oxygen atoms in total. The first-order chi connectivity index (χ1) is 10.3. The van der Waals surface area contributed by atoms with Crippen LogP contribution in [0.2, 0.25) is 0 Å². The van der Waals surface area contributed by atoms with Crippen molar-refractivity contribution in [1.82, 2.24) is 15.5 Å². The average molecular weight is 298 g/mol. The number of guanidine groups is 1. The highest BCUT2D eigenvalue weighted by atomic mass is 16.5. The fraction of sp³-hybridized carbons (Fsp3) is 0.938. The molecule has 21 heavy (non-hydrogen) atoms. The molecule has 0 spiro atoms. The van der Waals surface area contributed by atoms with E-state index >= 15 is 0 Å². The van der Waals surface area contributed by atoms with Crippen molar-refractivity contribution in [3.63, 3.8) is 0 Å². The van der Waals surface area contributed by atoms with Crippen molar-refractivity contribution < 1.29 is 4.74 Å². The molecule has 0 bridgehead atoms. The van der Waals surface area contributed by atoms with Crippen LogP contribution in [0, 0.1) is 0 Å². The Morgan fingerprint density at radius 2 is 2.05 bits per heavy atom. The highest BCUT2D eigenvalue weighted by Crippen LogP contribution is 2.15. The molecule has 124 valence electrons. The van der Waals surface area contributed by atoms with Gasteiger partial charge >= 0.3 is 0 Å². The van der Waals surface area contributed by atoms with Gasteiger partial charge in [-0.05, 0) is 38.8 Å².